The van der Waals surface area contributed by atoms with Crippen molar-refractivity contribution >= 4 is 23.4 Å². The van der Waals surface area contributed by atoms with Crippen LogP contribution in [0.25, 0.3) is 0 Å². The predicted molar refractivity (Wildman–Crippen MR) is 75.3 cm³/mol. The van der Waals surface area contributed by atoms with Gasteiger partial charge in [0.2, 0.25) is 0 Å². The smallest absolute Gasteiger partial charge is 0.335 e. The number of rotatable bonds is 4. The van der Waals surface area contributed by atoms with Crippen LogP contribution in [-0.4, -0.2) is 16.0 Å². The summed E-state index contributed by atoms with van der Waals surface area (Å²) in [6, 6.07) is 7.82. The Morgan fingerprint density at radius 2 is 2.00 bits per heavy atom. The van der Waals surface area contributed by atoms with Crippen LogP contribution in [0.3, 0.4) is 0 Å². The summed E-state index contributed by atoms with van der Waals surface area (Å²) in [5, 5.41) is 20.0. The highest BCUT2D eigenvalue weighted by molar-refractivity contribution is 7.99. The molecule has 0 bridgehead atoms. The minimum Gasteiger partial charge on any atom is -0.478 e. The molecular weight excluding hydrogens is 297 g/mol. The van der Waals surface area contributed by atoms with Crippen molar-refractivity contribution in [1.82, 2.24) is 0 Å². The predicted octanol–water partition coefficient (Wildman–Crippen LogP) is 3.89. The van der Waals surface area contributed by atoms with E-state index in [0.717, 1.165) is 30.0 Å². The lowest BCUT2D eigenvalue weighted by atomic mass is 10.1. The van der Waals surface area contributed by atoms with E-state index in [0.29, 0.717) is 10.5 Å². The first-order valence-electron chi connectivity index (χ1n) is 5.84. The van der Waals surface area contributed by atoms with E-state index in [1.54, 1.807) is 19.1 Å². The molecule has 108 valence electrons. The van der Waals surface area contributed by atoms with Crippen molar-refractivity contribution in [3.63, 3.8) is 0 Å². The summed E-state index contributed by atoms with van der Waals surface area (Å²) in [7, 11) is 0. The summed E-state index contributed by atoms with van der Waals surface area (Å²) in [4.78, 5) is 22.0. The molecule has 21 heavy (non-hydrogen) atoms. The van der Waals surface area contributed by atoms with Gasteiger partial charge in [-0.05, 0) is 36.8 Å². The lowest BCUT2D eigenvalue weighted by Crippen LogP contribution is -1.99. The minimum absolute atomic E-state index is 0.110. The van der Waals surface area contributed by atoms with Crippen molar-refractivity contribution in [2.45, 2.75) is 16.7 Å². The summed E-state index contributed by atoms with van der Waals surface area (Å²) in [6.07, 6.45) is 0. The Labute approximate surface area is 123 Å². The third-order valence-electron chi connectivity index (χ3n) is 2.79. The van der Waals surface area contributed by atoms with E-state index < -0.39 is 16.7 Å². The average Bonchev–Trinajstić information content (AvgIpc) is 2.40. The van der Waals surface area contributed by atoms with Crippen molar-refractivity contribution in [1.29, 1.82) is 0 Å². The lowest BCUT2D eigenvalue weighted by molar-refractivity contribution is -0.387. The molecular formula is C14H10FNO4S. The Balaban J connectivity index is 2.43. The van der Waals surface area contributed by atoms with E-state index in [-0.39, 0.29) is 16.1 Å². The van der Waals surface area contributed by atoms with Crippen LogP contribution in [0.15, 0.2) is 46.2 Å². The van der Waals surface area contributed by atoms with Crippen LogP contribution in [0.5, 0.6) is 0 Å². The molecule has 0 spiro atoms. The van der Waals surface area contributed by atoms with Gasteiger partial charge in [0.05, 0.1) is 15.4 Å². The second-order valence-electron chi connectivity index (χ2n) is 4.25. The highest BCUT2D eigenvalue weighted by Gasteiger charge is 2.17. The third-order valence-corrected chi connectivity index (χ3v) is 3.82. The molecule has 0 atom stereocenters. The molecule has 2 aromatic carbocycles. The molecule has 0 saturated heterocycles. The Morgan fingerprint density at radius 3 is 2.62 bits per heavy atom. The molecule has 0 heterocycles. The number of aryl methyl sites for hydroxylation is 1. The quantitative estimate of drug-likeness (QED) is 0.684. The monoisotopic (exact) mass is 307 g/mol. The molecule has 0 amide bonds. The molecule has 2 rings (SSSR count). The molecule has 7 heteroatoms. The van der Waals surface area contributed by atoms with Crippen LogP contribution >= 0.6 is 11.8 Å². The van der Waals surface area contributed by atoms with Gasteiger partial charge in [-0.25, -0.2) is 9.18 Å². The summed E-state index contributed by atoms with van der Waals surface area (Å²) in [5.74, 6) is -1.67. The first-order valence-corrected chi connectivity index (χ1v) is 6.66. The Bertz CT molecular complexity index is 733. The highest BCUT2D eigenvalue weighted by atomic mass is 32.2. The average molecular weight is 307 g/mol. The topological polar surface area (TPSA) is 80.4 Å². The van der Waals surface area contributed by atoms with Gasteiger partial charge >= 0.3 is 5.97 Å². The first-order chi connectivity index (χ1) is 9.88. The fourth-order valence-electron chi connectivity index (χ4n) is 1.74. The normalized spacial score (nSPS) is 10.4. The number of nitro benzene ring substituents is 1. The molecule has 1 N–H and O–H groups in total. The zero-order chi connectivity index (χ0) is 15.6. The number of benzene rings is 2. The molecule has 0 aliphatic carbocycles. The van der Waals surface area contributed by atoms with Crippen LogP contribution in [-0.2, 0) is 0 Å². The molecule has 5 nitrogen and oxygen atoms in total. The number of halogens is 1. The molecule has 0 aromatic heterocycles. The number of carboxylic acid groups (broad SMARTS) is 1. The van der Waals surface area contributed by atoms with E-state index in [2.05, 4.69) is 0 Å². The van der Waals surface area contributed by atoms with Gasteiger partial charge in [-0.2, -0.15) is 0 Å². The summed E-state index contributed by atoms with van der Waals surface area (Å²) >= 11 is 0.952. The minimum atomic E-state index is -1.08. The fraction of sp³-hybridized carbons (Fsp3) is 0.0714. The summed E-state index contributed by atoms with van der Waals surface area (Å²) < 4.78 is 13.3. The zero-order valence-electron chi connectivity index (χ0n) is 10.9. The van der Waals surface area contributed by atoms with E-state index in [4.69, 9.17) is 5.11 Å². The maximum atomic E-state index is 13.3. The third kappa shape index (κ3) is 3.38. The SMILES string of the molecule is Cc1ccc(Sc2cc(F)ccc2[N+](=O)[O-])cc1C(=O)O. The maximum absolute atomic E-state index is 13.3. The molecule has 0 aliphatic heterocycles. The Kier molecular flexibility index (Phi) is 4.23. The van der Waals surface area contributed by atoms with Gasteiger partial charge in [0.15, 0.2) is 0 Å². The number of hydrogen-bond donors (Lipinski definition) is 1. The maximum Gasteiger partial charge on any atom is 0.335 e. The van der Waals surface area contributed by atoms with Gasteiger partial charge in [-0.3, -0.25) is 10.1 Å². The van der Waals surface area contributed by atoms with Gasteiger partial charge in [0.1, 0.15) is 5.82 Å². The van der Waals surface area contributed by atoms with E-state index in [9.17, 15) is 19.3 Å². The molecule has 0 radical (unpaired) electrons. The van der Waals surface area contributed by atoms with Crippen molar-refractivity contribution in [2.24, 2.45) is 0 Å². The zero-order valence-corrected chi connectivity index (χ0v) is 11.7. The van der Waals surface area contributed by atoms with E-state index in [1.165, 1.54) is 6.07 Å². The molecule has 0 saturated carbocycles. The van der Waals surface area contributed by atoms with Crippen molar-refractivity contribution in [2.75, 3.05) is 0 Å². The molecule has 0 aliphatic rings. The first kappa shape index (κ1) is 15.0. The number of carbonyl (C=O) groups is 1. The Morgan fingerprint density at radius 1 is 1.29 bits per heavy atom. The van der Waals surface area contributed by atoms with E-state index >= 15 is 0 Å². The number of hydrogen-bond acceptors (Lipinski definition) is 4. The molecule has 0 unspecified atom stereocenters. The van der Waals surface area contributed by atoms with Gasteiger partial charge in [-0.15, -0.1) is 0 Å². The second-order valence-corrected chi connectivity index (χ2v) is 5.37. The number of carboxylic acids is 1. The van der Waals surface area contributed by atoms with Gasteiger partial charge in [0, 0.05) is 11.0 Å². The fourth-order valence-corrected chi connectivity index (χ4v) is 2.73. The molecule has 2 aromatic rings. The largest absolute Gasteiger partial charge is 0.478 e. The van der Waals surface area contributed by atoms with Crippen molar-refractivity contribution in [3.8, 4) is 0 Å². The lowest BCUT2D eigenvalue weighted by Gasteiger charge is -2.06. The summed E-state index contributed by atoms with van der Waals surface area (Å²) in [6.45, 7) is 1.66. The Hall–Kier alpha value is -2.41. The van der Waals surface area contributed by atoms with Crippen LogP contribution in [0.4, 0.5) is 10.1 Å². The number of nitro groups is 1. The second kappa shape index (κ2) is 5.92. The number of aromatic carboxylic acids is 1. The van der Waals surface area contributed by atoms with Crippen LogP contribution in [0.2, 0.25) is 0 Å². The van der Waals surface area contributed by atoms with Gasteiger partial charge < -0.3 is 5.11 Å². The summed E-state index contributed by atoms with van der Waals surface area (Å²) in [5.41, 5.74) is 0.471. The standard InChI is InChI=1S/C14H10FNO4S/c1-8-2-4-10(7-11(8)14(17)18)21-13-6-9(15)3-5-12(13)16(19)20/h2-7H,1H3,(H,17,18). The van der Waals surface area contributed by atoms with Gasteiger partial charge in [0.25, 0.3) is 5.69 Å². The van der Waals surface area contributed by atoms with Crippen LogP contribution in [0, 0.1) is 22.9 Å². The van der Waals surface area contributed by atoms with Crippen molar-refractivity contribution in [3.05, 3.63) is 63.5 Å². The van der Waals surface area contributed by atoms with E-state index in [1.807, 2.05) is 0 Å². The highest BCUT2D eigenvalue weighted by Crippen LogP contribution is 2.35. The molecule has 0 fully saturated rings. The van der Waals surface area contributed by atoms with Crippen LogP contribution in [0.1, 0.15) is 15.9 Å². The van der Waals surface area contributed by atoms with Crippen LogP contribution < -0.4 is 0 Å². The van der Waals surface area contributed by atoms with Crippen molar-refractivity contribution < 1.29 is 19.2 Å². The number of nitrogens with zero attached hydrogens (tertiary/aromatic N) is 1. The van der Waals surface area contributed by atoms with Gasteiger partial charge in [-0.1, -0.05) is 17.8 Å².